The highest BCUT2D eigenvalue weighted by Crippen LogP contribution is 2.21. The van der Waals surface area contributed by atoms with E-state index in [2.05, 4.69) is 21.6 Å². The van der Waals surface area contributed by atoms with Gasteiger partial charge >= 0.3 is 0 Å². The Bertz CT molecular complexity index is 256. The average Bonchev–Trinajstić information content (AvgIpc) is 2.59. The number of rotatable bonds is 1. The topological polar surface area (TPSA) is 28.7 Å². The van der Waals surface area contributed by atoms with Crippen molar-refractivity contribution in [3.05, 3.63) is 29.8 Å². The largest absolute Gasteiger partial charge is 0.277 e. The van der Waals surface area contributed by atoms with Gasteiger partial charge in [0.05, 0.1) is 10.6 Å². The van der Waals surface area contributed by atoms with Gasteiger partial charge in [0.25, 0.3) is 0 Å². The van der Waals surface area contributed by atoms with E-state index in [0.717, 1.165) is 5.69 Å². The minimum Gasteiger partial charge on any atom is -0.277 e. The predicted molar refractivity (Wildman–Crippen MR) is 49.1 cm³/mol. The third-order valence-corrected chi connectivity index (χ3v) is 2.19. The van der Waals surface area contributed by atoms with Crippen LogP contribution in [0.3, 0.4) is 0 Å². The monoisotopic (exact) mass is 186 g/mol. The van der Waals surface area contributed by atoms with Gasteiger partial charge in [0.2, 0.25) is 0 Å². The zero-order valence-corrected chi connectivity index (χ0v) is 7.28. The summed E-state index contributed by atoms with van der Waals surface area (Å²) in [6, 6.07) is 6.06. The van der Waals surface area contributed by atoms with Gasteiger partial charge in [-0.2, -0.15) is 5.10 Å². The Morgan fingerprint density at radius 2 is 2.27 bits per heavy atom. The summed E-state index contributed by atoms with van der Waals surface area (Å²) in [5, 5.41) is 8.81. The van der Waals surface area contributed by atoms with E-state index >= 15 is 0 Å². The molecule has 2 aromatic heterocycles. The Morgan fingerprint density at radius 1 is 1.36 bits per heavy atom. The number of hydrogen-bond acceptors (Lipinski definition) is 2. The van der Waals surface area contributed by atoms with E-state index in [9.17, 15) is 0 Å². The first kappa shape index (κ1) is 8.30. The first-order chi connectivity index (χ1) is 4.97. The van der Waals surface area contributed by atoms with Crippen molar-refractivity contribution in [2.45, 2.75) is 0 Å². The van der Waals surface area contributed by atoms with Gasteiger partial charge in [-0.3, -0.25) is 5.10 Å². The van der Waals surface area contributed by atoms with Gasteiger partial charge in [0.1, 0.15) is 0 Å². The summed E-state index contributed by atoms with van der Waals surface area (Å²) < 4.78 is 0. The maximum atomic E-state index is 3.86. The van der Waals surface area contributed by atoms with Gasteiger partial charge in [-0.25, -0.2) is 0 Å². The van der Waals surface area contributed by atoms with Gasteiger partial charge in [-0.15, -0.1) is 23.7 Å². The molecule has 2 rings (SSSR count). The number of H-pyrrole nitrogens is 1. The van der Waals surface area contributed by atoms with E-state index in [-0.39, 0.29) is 12.4 Å². The van der Waals surface area contributed by atoms with Gasteiger partial charge in [-0.05, 0) is 17.5 Å². The molecule has 2 nitrogen and oxygen atoms in total. The normalized spacial score (nSPS) is 9.09. The highest BCUT2D eigenvalue weighted by atomic mass is 35.5. The highest BCUT2D eigenvalue weighted by Gasteiger charge is 1.96. The van der Waals surface area contributed by atoms with Crippen LogP contribution in [0.1, 0.15) is 0 Å². The number of aromatic nitrogens is 2. The highest BCUT2D eigenvalue weighted by molar-refractivity contribution is 7.13. The van der Waals surface area contributed by atoms with E-state index in [1.165, 1.54) is 4.88 Å². The summed E-state index contributed by atoms with van der Waals surface area (Å²) in [6.45, 7) is 0. The molecule has 0 unspecified atom stereocenters. The van der Waals surface area contributed by atoms with E-state index < -0.39 is 0 Å². The lowest BCUT2D eigenvalue weighted by molar-refractivity contribution is 1.10. The van der Waals surface area contributed by atoms with Crippen LogP contribution in [-0.4, -0.2) is 10.2 Å². The molecular weight excluding hydrogens is 180 g/mol. The molecule has 2 heterocycles. The molecule has 0 aromatic carbocycles. The molecule has 0 aliphatic heterocycles. The molecule has 2 aromatic rings. The van der Waals surface area contributed by atoms with Crippen LogP contribution in [0.2, 0.25) is 0 Å². The van der Waals surface area contributed by atoms with Crippen LogP contribution in [0, 0.1) is 0 Å². The fourth-order valence-corrected chi connectivity index (χ4v) is 1.53. The van der Waals surface area contributed by atoms with Crippen molar-refractivity contribution < 1.29 is 0 Å². The van der Waals surface area contributed by atoms with Crippen LogP contribution in [0.4, 0.5) is 0 Å². The van der Waals surface area contributed by atoms with Crippen molar-refractivity contribution in [2.24, 2.45) is 0 Å². The smallest absolute Gasteiger partial charge is 0.0749 e. The Balaban J connectivity index is 0.000000605. The SMILES string of the molecule is Cl.c1csc(-c2ccn[nH]2)c1. The molecule has 0 aliphatic rings. The van der Waals surface area contributed by atoms with E-state index in [0.29, 0.717) is 0 Å². The molecule has 0 fully saturated rings. The van der Waals surface area contributed by atoms with E-state index in [4.69, 9.17) is 0 Å². The molecule has 0 spiro atoms. The fourth-order valence-electron chi connectivity index (χ4n) is 0.825. The summed E-state index contributed by atoms with van der Waals surface area (Å²) in [4.78, 5) is 1.23. The third kappa shape index (κ3) is 1.61. The van der Waals surface area contributed by atoms with Gasteiger partial charge in [0.15, 0.2) is 0 Å². The van der Waals surface area contributed by atoms with E-state index in [1.54, 1.807) is 17.5 Å². The number of hydrogen-bond donors (Lipinski definition) is 1. The molecule has 0 atom stereocenters. The van der Waals surface area contributed by atoms with Crippen LogP contribution in [-0.2, 0) is 0 Å². The van der Waals surface area contributed by atoms with Crippen LogP contribution in [0.5, 0.6) is 0 Å². The number of aromatic amines is 1. The van der Waals surface area contributed by atoms with Crippen molar-refractivity contribution in [1.82, 2.24) is 10.2 Å². The Hall–Kier alpha value is -0.800. The first-order valence-corrected chi connectivity index (χ1v) is 3.88. The second-order valence-corrected chi connectivity index (χ2v) is 2.90. The van der Waals surface area contributed by atoms with E-state index in [1.807, 2.05) is 12.1 Å². The van der Waals surface area contributed by atoms with Crippen molar-refractivity contribution in [3.63, 3.8) is 0 Å². The lowest BCUT2D eigenvalue weighted by Crippen LogP contribution is -1.69. The Morgan fingerprint density at radius 3 is 2.82 bits per heavy atom. The van der Waals surface area contributed by atoms with Crippen molar-refractivity contribution in [3.8, 4) is 10.6 Å². The molecule has 11 heavy (non-hydrogen) atoms. The van der Waals surface area contributed by atoms with Crippen LogP contribution in [0.15, 0.2) is 29.8 Å². The fraction of sp³-hybridized carbons (Fsp3) is 0. The second kappa shape index (κ2) is 3.55. The first-order valence-electron chi connectivity index (χ1n) is 3.00. The summed E-state index contributed by atoms with van der Waals surface area (Å²) in [6.07, 6.45) is 1.76. The molecule has 4 heteroatoms. The quantitative estimate of drug-likeness (QED) is 0.729. The number of nitrogens with zero attached hydrogens (tertiary/aromatic N) is 1. The Labute approximate surface area is 74.7 Å². The number of nitrogens with one attached hydrogen (secondary N) is 1. The molecule has 1 N–H and O–H groups in total. The zero-order valence-electron chi connectivity index (χ0n) is 5.65. The molecule has 0 radical (unpaired) electrons. The summed E-state index contributed by atoms with van der Waals surface area (Å²) in [7, 11) is 0. The lowest BCUT2D eigenvalue weighted by atomic mass is 10.4. The molecule has 0 bridgehead atoms. The third-order valence-electron chi connectivity index (χ3n) is 1.29. The van der Waals surface area contributed by atoms with Gasteiger partial charge in [-0.1, -0.05) is 6.07 Å². The van der Waals surface area contributed by atoms with Crippen molar-refractivity contribution in [1.29, 1.82) is 0 Å². The van der Waals surface area contributed by atoms with Crippen molar-refractivity contribution >= 4 is 23.7 Å². The average molecular weight is 187 g/mol. The maximum Gasteiger partial charge on any atom is 0.0749 e. The van der Waals surface area contributed by atoms with Crippen molar-refractivity contribution in [2.75, 3.05) is 0 Å². The molecule has 0 amide bonds. The van der Waals surface area contributed by atoms with Crippen LogP contribution >= 0.6 is 23.7 Å². The molecule has 0 saturated heterocycles. The second-order valence-electron chi connectivity index (χ2n) is 1.95. The minimum atomic E-state index is 0. The summed E-state index contributed by atoms with van der Waals surface area (Å²) >= 11 is 1.71. The summed E-state index contributed by atoms with van der Waals surface area (Å²) in [5.74, 6) is 0. The van der Waals surface area contributed by atoms with Gasteiger partial charge in [0, 0.05) is 6.20 Å². The summed E-state index contributed by atoms with van der Waals surface area (Å²) in [5.41, 5.74) is 1.09. The predicted octanol–water partition coefficient (Wildman–Crippen LogP) is 2.56. The molecule has 0 aliphatic carbocycles. The van der Waals surface area contributed by atoms with Crippen LogP contribution < -0.4 is 0 Å². The minimum absolute atomic E-state index is 0. The standard InChI is InChI=1S/C7H6N2S.ClH/c1-2-7(10-5-1)6-3-4-8-9-6;/h1-5H,(H,8,9);1H. The maximum absolute atomic E-state index is 3.86. The number of thiophene rings is 1. The Kier molecular flexibility index (Phi) is 2.68. The molecular formula is C7H7ClN2S. The molecule has 0 saturated carbocycles. The van der Waals surface area contributed by atoms with Crippen LogP contribution in [0.25, 0.3) is 10.6 Å². The zero-order chi connectivity index (χ0) is 6.81. The number of halogens is 1. The molecule has 58 valence electrons. The lowest BCUT2D eigenvalue weighted by Gasteiger charge is -1.85. The van der Waals surface area contributed by atoms with Gasteiger partial charge < -0.3 is 0 Å².